The highest BCUT2D eigenvalue weighted by Gasteiger charge is 2.42. The Labute approximate surface area is 142 Å². The van der Waals surface area contributed by atoms with Crippen molar-refractivity contribution in [2.24, 2.45) is 5.92 Å². The summed E-state index contributed by atoms with van der Waals surface area (Å²) in [6.45, 7) is 0.749. The Morgan fingerprint density at radius 3 is 3.19 bits per heavy atom. The molecule has 2 unspecified atom stereocenters. The predicted octanol–water partition coefficient (Wildman–Crippen LogP) is 4.41. The van der Waals surface area contributed by atoms with E-state index in [2.05, 4.69) is 28.1 Å². The van der Waals surface area contributed by atoms with Crippen molar-refractivity contribution in [2.45, 2.75) is 29.8 Å². The molecule has 2 aliphatic heterocycles. The first-order valence-electron chi connectivity index (χ1n) is 7.30. The molecule has 0 radical (unpaired) electrons. The van der Waals surface area contributed by atoms with Gasteiger partial charge < -0.3 is 4.74 Å². The molecule has 2 atom stereocenters. The predicted molar refractivity (Wildman–Crippen MR) is 93.2 cm³/mol. The number of carbonyl (C=O) groups excluding carboxylic acids is 1. The number of rotatable bonds is 4. The zero-order valence-electron chi connectivity index (χ0n) is 11.8. The lowest BCUT2D eigenvalue weighted by Crippen LogP contribution is -2.42. The molecule has 2 saturated heterocycles. The van der Waals surface area contributed by atoms with Crippen molar-refractivity contribution in [1.29, 1.82) is 0 Å². The lowest BCUT2D eigenvalue weighted by atomic mass is 9.83. The van der Waals surface area contributed by atoms with Crippen molar-refractivity contribution in [3.05, 3.63) is 28.7 Å². The van der Waals surface area contributed by atoms with Gasteiger partial charge in [0.25, 0.3) is 0 Å². The second-order valence-corrected chi connectivity index (χ2v) is 8.81. The van der Waals surface area contributed by atoms with Crippen LogP contribution in [0.15, 0.2) is 33.6 Å². The largest absolute Gasteiger partial charge is 0.374 e. The molecule has 2 heterocycles. The summed E-state index contributed by atoms with van der Waals surface area (Å²) in [6.07, 6.45) is 2.93. The second-order valence-electron chi connectivity index (χ2n) is 5.74. The first-order valence-corrected chi connectivity index (χ1v) is 10.2. The molecule has 0 aliphatic carbocycles. The molecular weight excluding hydrogens is 368 g/mol. The average molecular weight is 387 g/mol. The first kappa shape index (κ1) is 15.9. The van der Waals surface area contributed by atoms with E-state index < -0.39 is 0 Å². The van der Waals surface area contributed by atoms with E-state index in [9.17, 15) is 4.79 Å². The number of thioether (sulfide) groups is 2. The number of ketones is 1. The summed E-state index contributed by atoms with van der Waals surface area (Å²) >= 11 is 7.07. The summed E-state index contributed by atoms with van der Waals surface area (Å²) in [5, 5.41) is 0. The van der Waals surface area contributed by atoms with Crippen LogP contribution in [-0.2, 0) is 9.53 Å². The van der Waals surface area contributed by atoms with E-state index in [-0.39, 0.29) is 11.5 Å². The normalized spacial score (nSPS) is 28.9. The minimum Gasteiger partial charge on any atom is -0.374 e. The van der Waals surface area contributed by atoms with Crippen LogP contribution in [0.3, 0.4) is 0 Å². The summed E-state index contributed by atoms with van der Waals surface area (Å²) in [6, 6.07) is 8.14. The van der Waals surface area contributed by atoms with Gasteiger partial charge in [0, 0.05) is 27.6 Å². The Bertz CT molecular complexity index is 515. The standard InChI is InChI=1S/C16H19BrO2S2/c17-13-2-1-3-14(8-13)21-10-15(18)12-4-6-19-16(9-12)5-7-20-11-16/h1-3,8,12H,4-7,9-11H2. The van der Waals surface area contributed by atoms with Crippen molar-refractivity contribution in [1.82, 2.24) is 0 Å². The number of hydrogen-bond acceptors (Lipinski definition) is 4. The third kappa shape index (κ3) is 4.06. The number of hydrogen-bond donors (Lipinski definition) is 0. The maximum atomic E-state index is 12.5. The summed E-state index contributed by atoms with van der Waals surface area (Å²) in [5.41, 5.74) is 0.00366. The van der Waals surface area contributed by atoms with Crippen LogP contribution < -0.4 is 0 Å². The van der Waals surface area contributed by atoms with E-state index in [1.807, 2.05) is 23.9 Å². The van der Waals surface area contributed by atoms with Crippen LogP contribution in [-0.4, -0.2) is 35.2 Å². The highest BCUT2D eigenvalue weighted by Crippen LogP contribution is 2.41. The molecule has 114 valence electrons. The molecule has 2 nitrogen and oxygen atoms in total. The van der Waals surface area contributed by atoms with E-state index in [1.54, 1.807) is 11.8 Å². The Kier molecular flexibility index (Phi) is 5.36. The third-order valence-corrected chi connectivity index (χ3v) is 6.93. The van der Waals surface area contributed by atoms with Crippen LogP contribution in [0.1, 0.15) is 19.3 Å². The molecule has 1 aromatic rings. The molecule has 21 heavy (non-hydrogen) atoms. The number of ether oxygens (including phenoxy) is 1. The molecule has 2 fully saturated rings. The SMILES string of the molecule is O=C(CSc1cccc(Br)c1)C1CCOC2(CCSC2)C1. The smallest absolute Gasteiger partial charge is 0.146 e. The average Bonchev–Trinajstić information content (AvgIpc) is 2.93. The van der Waals surface area contributed by atoms with Gasteiger partial charge in [0.2, 0.25) is 0 Å². The van der Waals surface area contributed by atoms with Gasteiger partial charge in [-0.25, -0.2) is 0 Å². The first-order chi connectivity index (χ1) is 10.2. The fourth-order valence-corrected chi connectivity index (χ4v) is 5.85. The number of halogens is 1. The van der Waals surface area contributed by atoms with Crippen molar-refractivity contribution in [2.75, 3.05) is 23.9 Å². The van der Waals surface area contributed by atoms with Crippen LogP contribution >= 0.6 is 39.5 Å². The van der Waals surface area contributed by atoms with Crippen molar-refractivity contribution >= 4 is 45.2 Å². The number of benzene rings is 1. The summed E-state index contributed by atoms with van der Waals surface area (Å²) in [5.74, 6) is 3.39. The minimum absolute atomic E-state index is 0.00366. The summed E-state index contributed by atoms with van der Waals surface area (Å²) < 4.78 is 7.06. The van der Waals surface area contributed by atoms with E-state index >= 15 is 0 Å². The molecule has 0 saturated carbocycles. The number of Topliss-reactive ketones (excluding diaryl/α,β-unsaturated/α-hetero) is 1. The van der Waals surface area contributed by atoms with Gasteiger partial charge in [-0.1, -0.05) is 22.0 Å². The van der Waals surface area contributed by atoms with Gasteiger partial charge in [-0.3, -0.25) is 4.79 Å². The summed E-state index contributed by atoms with van der Waals surface area (Å²) in [7, 11) is 0. The molecule has 0 aromatic heterocycles. The van der Waals surface area contributed by atoms with Gasteiger partial charge in [-0.05, 0) is 43.2 Å². The molecule has 0 N–H and O–H groups in total. The maximum Gasteiger partial charge on any atom is 0.146 e. The minimum atomic E-state index is 0.00366. The van der Waals surface area contributed by atoms with Gasteiger partial charge in [-0.15, -0.1) is 11.8 Å². The van der Waals surface area contributed by atoms with Gasteiger partial charge in [-0.2, -0.15) is 11.8 Å². The molecule has 2 aliphatic rings. The van der Waals surface area contributed by atoms with Gasteiger partial charge in [0.1, 0.15) is 5.78 Å². The van der Waals surface area contributed by atoms with Crippen molar-refractivity contribution in [3.8, 4) is 0 Å². The van der Waals surface area contributed by atoms with Gasteiger partial charge in [0.15, 0.2) is 0 Å². The van der Waals surface area contributed by atoms with Crippen LogP contribution in [0.5, 0.6) is 0 Å². The van der Waals surface area contributed by atoms with Crippen molar-refractivity contribution < 1.29 is 9.53 Å². The molecule has 1 aromatic carbocycles. The molecule has 1 spiro atoms. The highest BCUT2D eigenvalue weighted by molar-refractivity contribution is 9.10. The van der Waals surface area contributed by atoms with E-state index in [1.165, 1.54) is 5.75 Å². The zero-order chi connectivity index (χ0) is 14.7. The van der Waals surface area contributed by atoms with Gasteiger partial charge in [0.05, 0.1) is 11.4 Å². The molecule has 5 heteroatoms. The zero-order valence-corrected chi connectivity index (χ0v) is 15.1. The third-order valence-electron chi connectivity index (χ3n) is 4.19. The Hall–Kier alpha value is 0.0300. The highest BCUT2D eigenvalue weighted by atomic mass is 79.9. The Balaban J connectivity index is 1.55. The van der Waals surface area contributed by atoms with Crippen LogP contribution in [0.4, 0.5) is 0 Å². The fourth-order valence-electron chi connectivity index (χ4n) is 2.99. The lowest BCUT2D eigenvalue weighted by Gasteiger charge is -2.37. The molecule has 3 rings (SSSR count). The summed E-state index contributed by atoms with van der Waals surface area (Å²) in [4.78, 5) is 13.7. The topological polar surface area (TPSA) is 26.3 Å². The van der Waals surface area contributed by atoms with E-state index in [0.717, 1.165) is 41.0 Å². The molecular formula is C16H19BrO2S2. The quantitative estimate of drug-likeness (QED) is 0.715. The van der Waals surface area contributed by atoms with Gasteiger partial charge >= 0.3 is 0 Å². The van der Waals surface area contributed by atoms with Crippen LogP contribution in [0.2, 0.25) is 0 Å². The van der Waals surface area contributed by atoms with E-state index in [4.69, 9.17) is 4.74 Å². The Morgan fingerprint density at radius 2 is 2.43 bits per heavy atom. The van der Waals surface area contributed by atoms with E-state index in [0.29, 0.717) is 11.5 Å². The van der Waals surface area contributed by atoms with Crippen molar-refractivity contribution in [3.63, 3.8) is 0 Å². The molecule has 0 amide bonds. The Morgan fingerprint density at radius 1 is 1.52 bits per heavy atom. The number of carbonyl (C=O) groups is 1. The lowest BCUT2D eigenvalue weighted by molar-refractivity contribution is -0.131. The monoisotopic (exact) mass is 386 g/mol. The second kappa shape index (κ2) is 7.07. The fraction of sp³-hybridized carbons (Fsp3) is 0.562. The molecule has 0 bridgehead atoms. The van der Waals surface area contributed by atoms with Crippen LogP contribution in [0, 0.1) is 5.92 Å². The maximum absolute atomic E-state index is 12.5. The van der Waals surface area contributed by atoms with Crippen LogP contribution in [0.25, 0.3) is 0 Å².